The van der Waals surface area contributed by atoms with Crippen molar-refractivity contribution < 1.29 is 0 Å². The number of rotatable bonds is 3. The zero-order valence-electron chi connectivity index (χ0n) is 10.7. The van der Waals surface area contributed by atoms with E-state index in [2.05, 4.69) is 10.2 Å². The van der Waals surface area contributed by atoms with Crippen LogP contribution in [-0.2, 0) is 0 Å². The highest BCUT2D eigenvalue weighted by atomic mass is 15.1. The van der Waals surface area contributed by atoms with Gasteiger partial charge in [0.1, 0.15) is 0 Å². The van der Waals surface area contributed by atoms with Crippen molar-refractivity contribution in [2.24, 2.45) is 0 Å². The number of piperidine rings is 1. The average molecular weight is 224 g/mol. The van der Waals surface area contributed by atoms with Crippen LogP contribution in [0.1, 0.15) is 57.8 Å². The molecule has 1 unspecified atom stereocenters. The standard InChI is InChI=1S/C14H28N2/c1-2-6-11-16(12-7-3-1)13-9-14-8-4-5-10-15-14/h14-15H,1-13H2. The fourth-order valence-electron chi connectivity index (χ4n) is 3.05. The van der Waals surface area contributed by atoms with E-state index in [0.717, 1.165) is 6.04 Å². The highest BCUT2D eigenvalue weighted by molar-refractivity contribution is 4.74. The molecule has 0 radical (unpaired) electrons. The second kappa shape index (κ2) is 7.29. The van der Waals surface area contributed by atoms with Gasteiger partial charge in [0.25, 0.3) is 0 Å². The Morgan fingerprint density at radius 1 is 0.875 bits per heavy atom. The first-order chi connectivity index (χ1) is 7.95. The van der Waals surface area contributed by atoms with Crippen LogP contribution in [0, 0.1) is 0 Å². The first kappa shape index (κ1) is 12.4. The zero-order chi connectivity index (χ0) is 11.1. The summed E-state index contributed by atoms with van der Waals surface area (Å²) in [5, 5.41) is 3.66. The predicted molar refractivity (Wildman–Crippen MR) is 69.8 cm³/mol. The van der Waals surface area contributed by atoms with Crippen molar-refractivity contribution in [2.75, 3.05) is 26.2 Å². The maximum absolute atomic E-state index is 3.66. The van der Waals surface area contributed by atoms with E-state index in [0.29, 0.717) is 0 Å². The summed E-state index contributed by atoms with van der Waals surface area (Å²) >= 11 is 0. The lowest BCUT2D eigenvalue weighted by Gasteiger charge is -2.28. The van der Waals surface area contributed by atoms with Crippen LogP contribution in [-0.4, -0.2) is 37.1 Å². The van der Waals surface area contributed by atoms with Crippen LogP contribution in [0.25, 0.3) is 0 Å². The molecule has 2 rings (SSSR count). The summed E-state index contributed by atoms with van der Waals surface area (Å²) in [4.78, 5) is 2.70. The van der Waals surface area contributed by atoms with Gasteiger partial charge in [-0.15, -0.1) is 0 Å². The van der Waals surface area contributed by atoms with Crippen LogP contribution < -0.4 is 5.32 Å². The lowest BCUT2D eigenvalue weighted by molar-refractivity contribution is 0.227. The Labute approximate surface area is 101 Å². The summed E-state index contributed by atoms with van der Waals surface area (Å²) < 4.78 is 0. The van der Waals surface area contributed by atoms with Gasteiger partial charge in [-0.3, -0.25) is 0 Å². The molecule has 0 saturated carbocycles. The predicted octanol–water partition coefficient (Wildman–Crippen LogP) is 2.78. The molecule has 2 saturated heterocycles. The van der Waals surface area contributed by atoms with Gasteiger partial charge in [0.15, 0.2) is 0 Å². The first-order valence-electron chi connectivity index (χ1n) is 7.41. The Hall–Kier alpha value is -0.0800. The first-order valence-corrected chi connectivity index (χ1v) is 7.41. The molecule has 0 spiro atoms. The Bertz CT molecular complexity index is 168. The van der Waals surface area contributed by atoms with Crippen molar-refractivity contribution >= 4 is 0 Å². The SMILES string of the molecule is C1CCCN(CCC2CCCCN2)CCC1. The molecule has 94 valence electrons. The molecule has 2 heteroatoms. The van der Waals surface area contributed by atoms with E-state index in [9.17, 15) is 0 Å². The Morgan fingerprint density at radius 2 is 1.62 bits per heavy atom. The maximum atomic E-state index is 3.66. The summed E-state index contributed by atoms with van der Waals surface area (Å²) in [6.07, 6.45) is 12.9. The van der Waals surface area contributed by atoms with E-state index in [1.807, 2.05) is 0 Å². The Balaban J connectivity index is 1.62. The molecule has 2 nitrogen and oxygen atoms in total. The minimum absolute atomic E-state index is 0.819. The van der Waals surface area contributed by atoms with Crippen molar-refractivity contribution in [1.29, 1.82) is 0 Å². The van der Waals surface area contributed by atoms with Gasteiger partial charge in [0, 0.05) is 6.04 Å². The minimum atomic E-state index is 0.819. The Morgan fingerprint density at radius 3 is 2.31 bits per heavy atom. The average Bonchev–Trinajstić information content (AvgIpc) is 2.29. The third kappa shape index (κ3) is 4.42. The summed E-state index contributed by atoms with van der Waals surface area (Å²) in [5.74, 6) is 0. The third-order valence-electron chi connectivity index (χ3n) is 4.15. The molecule has 0 amide bonds. The van der Waals surface area contributed by atoms with Crippen molar-refractivity contribution in [2.45, 2.75) is 63.8 Å². The fourth-order valence-corrected chi connectivity index (χ4v) is 3.05. The van der Waals surface area contributed by atoms with Gasteiger partial charge >= 0.3 is 0 Å². The van der Waals surface area contributed by atoms with Gasteiger partial charge in [-0.1, -0.05) is 25.7 Å². The van der Waals surface area contributed by atoms with E-state index in [-0.39, 0.29) is 0 Å². The van der Waals surface area contributed by atoms with Gasteiger partial charge in [0.05, 0.1) is 0 Å². The summed E-state index contributed by atoms with van der Waals surface area (Å²) in [7, 11) is 0. The fraction of sp³-hybridized carbons (Fsp3) is 1.00. The number of nitrogens with one attached hydrogen (secondary N) is 1. The van der Waals surface area contributed by atoms with Crippen LogP contribution in [0.3, 0.4) is 0 Å². The van der Waals surface area contributed by atoms with Crippen LogP contribution >= 0.6 is 0 Å². The monoisotopic (exact) mass is 224 g/mol. The van der Waals surface area contributed by atoms with Crippen LogP contribution in [0.5, 0.6) is 0 Å². The van der Waals surface area contributed by atoms with E-state index in [1.165, 1.54) is 84.0 Å². The number of hydrogen-bond donors (Lipinski definition) is 1. The molecule has 2 aliphatic rings. The van der Waals surface area contributed by atoms with Gasteiger partial charge < -0.3 is 10.2 Å². The molecule has 0 aromatic heterocycles. The number of likely N-dealkylation sites (tertiary alicyclic amines) is 1. The molecule has 1 atom stereocenters. The molecule has 2 fully saturated rings. The minimum Gasteiger partial charge on any atom is -0.314 e. The molecule has 0 aromatic carbocycles. The Kier molecular flexibility index (Phi) is 5.64. The van der Waals surface area contributed by atoms with Crippen LogP contribution in [0.2, 0.25) is 0 Å². The van der Waals surface area contributed by atoms with E-state index < -0.39 is 0 Å². The second-order valence-corrected chi connectivity index (χ2v) is 5.54. The van der Waals surface area contributed by atoms with Gasteiger partial charge in [-0.2, -0.15) is 0 Å². The molecule has 2 heterocycles. The lowest BCUT2D eigenvalue weighted by atomic mass is 10.0. The topological polar surface area (TPSA) is 15.3 Å². The molecule has 0 aromatic rings. The van der Waals surface area contributed by atoms with Gasteiger partial charge in [-0.05, 0) is 58.3 Å². The van der Waals surface area contributed by atoms with Crippen LogP contribution in [0.15, 0.2) is 0 Å². The molecule has 0 bridgehead atoms. The largest absolute Gasteiger partial charge is 0.314 e. The van der Waals surface area contributed by atoms with Gasteiger partial charge in [-0.25, -0.2) is 0 Å². The zero-order valence-corrected chi connectivity index (χ0v) is 10.7. The van der Waals surface area contributed by atoms with Crippen molar-refractivity contribution in [3.8, 4) is 0 Å². The van der Waals surface area contributed by atoms with Crippen molar-refractivity contribution in [1.82, 2.24) is 10.2 Å². The van der Waals surface area contributed by atoms with E-state index in [1.54, 1.807) is 0 Å². The maximum Gasteiger partial charge on any atom is 0.00792 e. The highest BCUT2D eigenvalue weighted by Crippen LogP contribution is 2.14. The highest BCUT2D eigenvalue weighted by Gasteiger charge is 2.14. The quantitative estimate of drug-likeness (QED) is 0.793. The summed E-state index contributed by atoms with van der Waals surface area (Å²) in [6.45, 7) is 5.29. The summed E-state index contributed by atoms with van der Waals surface area (Å²) in [5.41, 5.74) is 0. The van der Waals surface area contributed by atoms with Crippen molar-refractivity contribution in [3.05, 3.63) is 0 Å². The molecule has 0 aliphatic carbocycles. The summed E-state index contributed by atoms with van der Waals surface area (Å²) in [6, 6.07) is 0.819. The molecular formula is C14H28N2. The van der Waals surface area contributed by atoms with Gasteiger partial charge in [0.2, 0.25) is 0 Å². The molecule has 1 N–H and O–H groups in total. The lowest BCUT2D eigenvalue weighted by Crippen LogP contribution is -2.38. The van der Waals surface area contributed by atoms with Crippen molar-refractivity contribution in [3.63, 3.8) is 0 Å². The van der Waals surface area contributed by atoms with Crippen LogP contribution in [0.4, 0.5) is 0 Å². The number of hydrogen-bond acceptors (Lipinski definition) is 2. The second-order valence-electron chi connectivity index (χ2n) is 5.54. The van der Waals surface area contributed by atoms with E-state index >= 15 is 0 Å². The molecular weight excluding hydrogens is 196 g/mol. The smallest absolute Gasteiger partial charge is 0.00792 e. The number of nitrogens with zero attached hydrogens (tertiary/aromatic N) is 1. The molecule has 2 aliphatic heterocycles. The molecule has 16 heavy (non-hydrogen) atoms. The normalized spacial score (nSPS) is 29.6. The van der Waals surface area contributed by atoms with E-state index in [4.69, 9.17) is 0 Å². The third-order valence-corrected chi connectivity index (χ3v) is 4.15.